The molecule has 0 fully saturated rings. The number of amides is 1. The van der Waals surface area contributed by atoms with E-state index in [-0.39, 0.29) is 13.0 Å². The first-order valence-electron chi connectivity index (χ1n) is 7.09. The van der Waals surface area contributed by atoms with Crippen LogP contribution in [-0.4, -0.2) is 23.2 Å². The summed E-state index contributed by atoms with van der Waals surface area (Å²) in [6, 6.07) is 12.6. The number of hydrogen-bond donors (Lipinski definition) is 2. The van der Waals surface area contributed by atoms with Crippen molar-refractivity contribution in [2.24, 2.45) is 0 Å². The fraction of sp³-hybridized carbons (Fsp3) is 0.176. The molecule has 0 aliphatic rings. The Hall–Kier alpha value is -2.24. The molecule has 1 atom stereocenters. The molecule has 0 aliphatic heterocycles. The van der Waals surface area contributed by atoms with Gasteiger partial charge in [0.2, 0.25) is 0 Å². The summed E-state index contributed by atoms with van der Waals surface area (Å²) in [5.74, 6) is -1.19. The normalized spacial score (nSPS) is 11.6. The van der Waals surface area contributed by atoms with Gasteiger partial charge in [0.25, 0.3) is 0 Å². The highest BCUT2D eigenvalue weighted by Crippen LogP contribution is 2.22. The number of alkyl carbamates (subject to hydrolysis) is 1. The molecule has 0 heterocycles. The average molecular weight is 368 g/mol. The van der Waals surface area contributed by atoms with Gasteiger partial charge in [0.1, 0.15) is 12.6 Å². The molecule has 0 spiro atoms. The first-order chi connectivity index (χ1) is 11.5. The molecular weight excluding hydrogens is 353 g/mol. The van der Waals surface area contributed by atoms with Gasteiger partial charge in [-0.15, -0.1) is 0 Å². The topological polar surface area (TPSA) is 75.6 Å². The van der Waals surface area contributed by atoms with Crippen LogP contribution in [0.25, 0.3) is 0 Å². The van der Waals surface area contributed by atoms with Crippen LogP contribution in [0, 0.1) is 0 Å². The summed E-state index contributed by atoms with van der Waals surface area (Å²) in [5, 5.41) is 12.4. The third-order valence-corrected chi connectivity index (χ3v) is 3.84. The van der Waals surface area contributed by atoms with E-state index in [4.69, 9.17) is 27.9 Å². The quantitative estimate of drug-likeness (QED) is 0.811. The van der Waals surface area contributed by atoms with E-state index >= 15 is 0 Å². The van der Waals surface area contributed by atoms with Gasteiger partial charge >= 0.3 is 12.1 Å². The van der Waals surface area contributed by atoms with E-state index in [0.29, 0.717) is 15.6 Å². The third kappa shape index (κ3) is 5.44. The molecular formula is C17H15Cl2NO4. The Labute approximate surface area is 149 Å². The van der Waals surface area contributed by atoms with E-state index in [1.807, 2.05) is 18.2 Å². The summed E-state index contributed by atoms with van der Waals surface area (Å²) >= 11 is 11.9. The molecule has 5 nitrogen and oxygen atoms in total. The average Bonchev–Trinajstić information content (AvgIpc) is 2.56. The predicted molar refractivity (Wildman–Crippen MR) is 91.4 cm³/mol. The highest BCUT2D eigenvalue weighted by Gasteiger charge is 2.22. The molecule has 2 rings (SSSR count). The van der Waals surface area contributed by atoms with Crippen LogP contribution in [0.4, 0.5) is 4.79 Å². The largest absolute Gasteiger partial charge is 0.480 e. The Morgan fingerprint density at radius 1 is 1.12 bits per heavy atom. The van der Waals surface area contributed by atoms with Crippen molar-refractivity contribution < 1.29 is 19.4 Å². The lowest BCUT2D eigenvalue weighted by Gasteiger charge is -2.15. The van der Waals surface area contributed by atoms with Gasteiger partial charge in [-0.3, -0.25) is 0 Å². The molecule has 126 valence electrons. The van der Waals surface area contributed by atoms with Crippen molar-refractivity contribution >= 4 is 35.3 Å². The van der Waals surface area contributed by atoms with E-state index in [2.05, 4.69) is 5.32 Å². The second-order valence-electron chi connectivity index (χ2n) is 5.04. The zero-order valence-electron chi connectivity index (χ0n) is 12.5. The number of ether oxygens (including phenoxy) is 1. The number of carboxylic acids is 1. The maximum atomic E-state index is 11.8. The first kappa shape index (κ1) is 18.1. The van der Waals surface area contributed by atoms with Crippen LogP contribution >= 0.6 is 23.2 Å². The third-order valence-electron chi connectivity index (χ3n) is 3.23. The predicted octanol–water partition coefficient (Wildman–Crippen LogP) is 3.92. The minimum atomic E-state index is -1.19. The molecule has 0 aromatic heterocycles. The second kappa shape index (κ2) is 8.57. The molecule has 2 N–H and O–H groups in total. The van der Waals surface area contributed by atoms with Gasteiger partial charge in [0, 0.05) is 16.5 Å². The van der Waals surface area contributed by atoms with Gasteiger partial charge in [-0.05, 0) is 29.3 Å². The lowest BCUT2D eigenvalue weighted by atomic mass is 10.1. The maximum absolute atomic E-state index is 11.8. The number of halogens is 2. The maximum Gasteiger partial charge on any atom is 0.408 e. The number of carbonyl (C=O) groups excluding carboxylic acids is 1. The molecule has 0 saturated carbocycles. The summed E-state index contributed by atoms with van der Waals surface area (Å²) in [6.07, 6.45) is -0.820. The van der Waals surface area contributed by atoms with Gasteiger partial charge < -0.3 is 15.2 Å². The van der Waals surface area contributed by atoms with E-state index in [1.165, 1.54) is 0 Å². The van der Waals surface area contributed by atoms with Crippen LogP contribution in [0.15, 0.2) is 48.5 Å². The fourth-order valence-electron chi connectivity index (χ4n) is 2.03. The lowest BCUT2D eigenvalue weighted by molar-refractivity contribution is -0.139. The highest BCUT2D eigenvalue weighted by atomic mass is 35.5. The molecule has 2 aromatic carbocycles. The monoisotopic (exact) mass is 367 g/mol. The molecule has 1 unspecified atom stereocenters. The summed E-state index contributed by atoms with van der Waals surface area (Å²) in [4.78, 5) is 23.2. The summed E-state index contributed by atoms with van der Waals surface area (Å²) < 4.78 is 5.03. The fourth-order valence-corrected chi connectivity index (χ4v) is 2.42. The van der Waals surface area contributed by atoms with Gasteiger partial charge in [-0.25, -0.2) is 9.59 Å². The molecule has 2 aromatic rings. The highest BCUT2D eigenvalue weighted by molar-refractivity contribution is 6.33. The van der Waals surface area contributed by atoms with Crippen molar-refractivity contribution in [3.8, 4) is 0 Å². The Bertz CT molecular complexity index is 722. The van der Waals surface area contributed by atoms with E-state index in [0.717, 1.165) is 5.56 Å². The SMILES string of the molecule is O=C(NC(Cc1cc(Cl)ccc1Cl)C(=O)O)OCc1ccccc1. The Morgan fingerprint density at radius 2 is 1.83 bits per heavy atom. The van der Waals surface area contributed by atoms with E-state index in [1.54, 1.807) is 30.3 Å². The van der Waals surface area contributed by atoms with E-state index in [9.17, 15) is 14.7 Å². The van der Waals surface area contributed by atoms with E-state index < -0.39 is 18.1 Å². The van der Waals surface area contributed by atoms with Crippen molar-refractivity contribution in [3.63, 3.8) is 0 Å². The number of aliphatic carboxylic acids is 1. The Balaban J connectivity index is 1.96. The molecule has 24 heavy (non-hydrogen) atoms. The van der Waals surface area contributed by atoms with Crippen molar-refractivity contribution in [3.05, 3.63) is 69.7 Å². The standard InChI is InChI=1S/C17H15Cl2NO4/c18-13-6-7-14(19)12(8-13)9-15(16(21)22)20-17(23)24-10-11-4-2-1-3-5-11/h1-8,15H,9-10H2,(H,20,23)(H,21,22). The zero-order valence-corrected chi connectivity index (χ0v) is 14.1. The number of rotatable bonds is 6. The molecule has 0 bridgehead atoms. The van der Waals surface area contributed by atoms with Crippen LogP contribution in [-0.2, 0) is 22.6 Å². The van der Waals surface area contributed by atoms with Crippen LogP contribution in [0.5, 0.6) is 0 Å². The first-order valence-corrected chi connectivity index (χ1v) is 7.85. The van der Waals surface area contributed by atoms with Crippen LogP contribution in [0.2, 0.25) is 10.0 Å². The Morgan fingerprint density at radius 3 is 2.50 bits per heavy atom. The molecule has 7 heteroatoms. The second-order valence-corrected chi connectivity index (χ2v) is 5.88. The molecule has 0 saturated heterocycles. The van der Waals surface area contributed by atoms with Gasteiger partial charge in [0.15, 0.2) is 0 Å². The Kier molecular flexibility index (Phi) is 6.46. The number of benzene rings is 2. The number of hydrogen-bond acceptors (Lipinski definition) is 3. The van der Waals surface area contributed by atoms with Crippen molar-refractivity contribution in [1.29, 1.82) is 0 Å². The molecule has 0 radical (unpaired) electrons. The lowest BCUT2D eigenvalue weighted by Crippen LogP contribution is -2.42. The number of carboxylic acid groups (broad SMARTS) is 1. The zero-order chi connectivity index (χ0) is 17.5. The number of nitrogens with one attached hydrogen (secondary N) is 1. The summed E-state index contributed by atoms with van der Waals surface area (Å²) in [5.41, 5.74) is 1.33. The minimum Gasteiger partial charge on any atom is -0.480 e. The van der Waals surface area contributed by atoms with Gasteiger partial charge in [-0.2, -0.15) is 0 Å². The summed E-state index contributed by atoms with van der Waals surface area (Å²) in [7, 11) is 0. The van der Waals surface area contributed by atoms with Crippen molar-refractivity contribution in [1.82, 2.24) is 5.32 Å². The van der Waals surface area contributed by atoms with Crippen LogP contribution in [0.3, 0.4) is 0 Å². The molecule has 1 amide bonds. The smallest absolute Gasteiger partial charge is 0.408 e. The molecule has 0 aliphatic carbocycles. The van der Waals surface area contributed by atoms with Gasteiger partial charge in [-0.1, -0.05) is 53.5 Å². The van der Waals surface area contributed by atoms with Gasteiger partial charge in [0.05, 0.1) is 0 Å². The minimum absolute atomic E-state index is 0.00480. The van der Waals surface area contributed by atoms with Crippen molar-refractivity contribution in [2.75, 3.05) is 0 Å². The van der Waals surface area contributed by atoms with Crippen molar-refractivity contribution in [2.45, 2.75) is 19.1 Å². The van der Waals surface area contributed by atoms with Crippen LogP contribution in [0.1, 0.15) is 11.1 Å². The number of carbonyl (C=O) groups is 2. The van der Waals surface area contributed by atoms with Crippen LogP contribution < -0.4 is 5.32 Å². The summed E-state index contributed by atoms with van der Waals surface area (Å²) in [6.45, 7) is 0.0525.